The van der Waals surface area contributed by atoms with Crippen LogP contribution in [0.2, 0.25) is 0 Å². The number of amides is 1. The van der Waals surface area contributed by atoms with Gasteiger partial charge < -0.3 is 15.8 Å². The second-order valence-corrected chi connectivity index (χ2v) is 5.96. The van der Waals surface area contributed by atoms with Gasteiger partial charge in [0.2, 0.25) is 0 Å². The molecule has 0 bridgehead atoms. The number of aromatic nitrogens is 2. The van der Waals surface area contributed by atoms with E-state index in [1.165, 1.54) is 18.5 Å². The molecule has 0 aliphatic carbocycles. The van der Waals surface area contributed by atoms with Gasteiger partial charge in [0, 0.05) is 5.69 Å². The van der Waals surface area contributed by atoms with E-state index in [1.54, 1.807) is 24.3 Å². The molecule has 0 unspecified atom stereocenters. The third kappa shape index (κ3) is 5.50. The lowest BCUT2D eigenvalue weighted by molar-refractivity contribution is -0.137. The molecule has 0 fully saturated rings. The van der Waals surface area contributed by atoms with Gasteiger partial charge in [0.05, 0.1) is 5.56 Å². The van der Waals surface area contributed by atoms with Crippen LogP contribution in [0.25, 0.3) is 0 Å². The molecular formula is C19H17F3N6O2. The number of carbonyl (C=O) groups is 1. The molecule has 156 valence electrons. The first kappa shape index (κ1) is 20.7. The van der Waals surface area contributed by atoms with Gasteiger partial charge in [-0.2, -0.15) is 13.2 Å². The number of anilines is 4. The van der Waals surface area contributed by atoms with Crippen LogP contribution in [0.15, 0.2) is 60.9 Å². The van der Waals surface area contributed by atoms with Crippen molar-refractivity contribution in [2.45, 2.75) is 6.18 Å². The summed E-state index contributed by atoms with van der Waals surface area (Å²) < 4.78 is 43.3. The molecule has 8 nitrogen and oxygen atoms in total. The smallest absolute Gasteiger partial charge is 0.416 e. The van der Waals surface area contributed by atoms with Crippen LogP contribution < -0.4 is 26.6 Å². The molecule has 1 aromatic heterocycles. The Morgan fingerprint density at radius 3 is 2.33 bits per heavy atom. The van der Waals surface area contributed by atoms with Crippen molar-refractivity contribution < 1.29 is 22.7 Å². The number of halogens is 3. The molecule has 5 N–H and O–H groups in total. The summed E-state index contributed by atoms with van der Waals surface area (Å²) in [6.07, 6.45) is -3.25. The molecule has 0 aliphatic heterocycles. The number of alkyl halides is 3. The molecule has 3 rings (SSSR count). The van der Waals surface area contributed by atoms with Crippen molar-refractivity contribution in [2.75, 3.05) is 23.1 Å². The third-order valence-corrected chi connectivity index (χ3v) is 3.79. The lowest BCUT2D eigenvalue weighted by Gasteiger charge is -2.14. The summed E-state index contributed by atoms with van der Waals surface area (Å²) in [5.41, 5.74) is 10.5. The summed E-state index contributed by atoms with van der Waals surface area (Å²) in [7, 11) is 0. The Balaban J connectivity index is 1.58. The molecule has 0 aliphatic rings. The molecule has 2 aromatic carbocycles. The minimum atomic E-state index is -4.42. The van der Waals surface area contributed by atoms with Crippen LogP contribution in [-0.4, -0.2) is 22.5 Å². The van der Waals surface area contributed by atoms with Crippen LogP contribution in [0.4, 0.5) is 36.2 Å². The molecule has 0 spiro atoms. The molecule has 0 saturated heterocycles. The van der Waals surface area contributed by atoms with E-state index in [0.29, 0.717) is 11.4 Å². The molecule has 11 heteroatoms. The summed E-state index contributed by atoms with van der Waals surface area (Å²) in [5.74, 6) is 0.320. The maximum absolute atomic E-state index is 12.7. The van der Waals surface area contributed by atoms with Gasteiger partial charge in [-0.1, -0.05) is 18.2 Å². The minimum absolute atomic E-state index is 0.0571. The Morgan fingerprint density at radius 2 is 1.67 bits per heavy atom. The van der Waals surface area contributed by atoms with Crippen molar-refractivity contribution >= 4 is 28.9 Å². The molecule has 0 atom stereocenters. The van der Waals surface area contributed by atoms with Gasteiger partial charge in [-0.15, -0.1) is 0 Å². The number of rotatable bonds is 7. The standard InChI is InChI=1S/C19H17F3N6O2/c20-19(21,22)12-6-8-13(9-7-12)26-17-16(23)18(25-11-24-17)28-27-15(29)10-30-14-4-2-1-3-5-14/h1-9,11H,10,23H2,(H,27,29)(H2,24,25,26,28). The maximum Gasteiger partial charge on any atom is 0.416 e. The predicted molar refractivity (Wildman–Crippen MR) is 105 cm³/mol. The molecule has 1 amide bonds. The molecule has 0 radical (unpaired) electrons. The van der Waals surface area contributed by atoms with Crippen LogP contribution >= 0.6 is 0 Å². The van der Waals surface area contributed by atoms with E-state index in [0.717, 1.165) is 12.1 Å². The maximum atomic E-state index is 12.7. The Morgan fingerprint density at radius 1 is 1.00 bits per heavy atom. The Hall–Kier alpha value is -4.02. The molecule has 30 heavy (non-hydrogen) atoms. The fourth-order valence-corrected chi connectivity index (χ4v) is 2.30. The van der Waals surface area contributed by atoms with Crippen molar-refractivity contribution in [1.29, 1.82) is 0 Å². The van der Waals surface area contributed by atoms with E-state index in [4.69, 9.17) is 10.5 Å². The number of nitrogens with two attached hydrogens (primary N) is 1. The lowest BCUT2D eigenvalue weighted by Crippen LogP contribution is -2.34. The van der Waals surface area contributed by atoms with Gasteiger partial charge in [0.1, 0.15) is 17.8 Å². The Bertz CT molecular complexity index is 997. The SMILES string of the molecule is Nc1c(NNC(=O)COc2ccccc2)ncnc1Nc1ccc(C(F)(F)F)cc1. The largest absolute Gasteiger partial charge is 0.484 e. The van der Waals surface area contributed by atoms with E-state index < -0.39 is 17.6 Å². The highest BCUT2D eigenvalue weighted by Gasteiger charge is 2.29. The lowest BCUT2D eigenvalue weighted by atomic mass is 10.2. The van der Waals surface area contributed by atoms with Crippen molar-refractivity contribution in [1.82, 2.24) is 15.4 Å². The average Bonchev–Trinajstić information content (AvgIpc) is 2.73. The van der Waals surface area contributed by atoms with Crippen LogP contribution in [0.5, 0.6) is 5.75 Å². The van der Waals surface area contributed by atoms with E-state index in [2.05, 4.69) is 26.1 Å². The number of para-hydroxylation sites is 1. The second kappa shape index (κ2) is 8.99. The van der Waals surface area contributed by atoms with Crippen molar-refractivity contribution in [3.05, 3.63) is 66.5 Å². The van der Waals surface area contributed by atoms with Crippen molar-refractivity contribution in [2.24, 2.45) is 0 Å². The number of ether oxygens (including phenoxy) is 1. The number of benzene rings is 2. The quantitative estimate of drug-likeness (QED) is 0.435. The number of hydrazine groups is 1. The zero-order chi connectivity index (χ0) is 21.6. The summed E-state index contributed by atoms with van der Waals surface area (Å²) >= 11 is 0. The molecule has 1 heterocycles. The van der Waals surface area contributed by atoms with Gasteiger partial charge in [0.15, 0.2) is 18.2 Å². The number of nitrogen functional groups attached to an aromatic ring is 1. The van der Waals surface area contributed by atoms with E-state index in [9.17, 15) is 18.0 Å². The first-order valence-corrected chi connectivity index (χ1v) is 8.60. The monoisotopic (exact) mass is 418 g/mol. The van der Waals surface area contributed by atoms with Crippen molar-refractivity contribution in [3.8, 4) is 5.75 Å². The number of nitrogens with one attached hydrogen (secondary N) is 3. The first-order valence-electron chi connectivity index (χ1n) is 8.60. The zero-order valence-corrected chi connectivity index (χ0v) is 15.4. The number of hydrogen-bond donors (Lipinski definition) is 4. The summed E-state index contributed by atoms with van der Waals surface area (Å²) in [4.78, 5) is 19.8. The van der Waals surface area contributed by atoms with Crippen LogP contribution in [0.3, 0.4) is 0 Å². The molecule has 3 aromatic rings. The van der Waals surface area contributed by atoms with Crippen molar-refractivity contribution in [3.63, 3.8) is 0 Å². The number of nitrogens with zero attached hydrogens (tertiary/aromatic N) is 2. The topological polar surface area (TPSA) is 114 Å². The summed E-state index contributed by atoms with van der Waals surface area (Å²) in [6.45, 7) is -0.237. The fraction of sp³-hybridized carbons (Fsp3) is 0.105. The second-order valence-electron chi connectivity index (χ2n) is 5.96. The van der Waals surface area contributed by atoms with Gasteiger partial charge in [-0.05, 0) is 36.4 Å². The van der Waals surface area contributed by atoms with Gasteiger partial charge >= 0.3 is 6.18 Å². The summed E-state index contributed by atoms with van der Waals surface area (Å²) in [6, 6.07) is 13.2. The molecule has 0 saturated carbocycles. The number of carbonyl (C=O) groups excluding carboxylic acids is 1. The van der Waals surface area contributed by atoms with E-state index in [1.807, 2.05) is 6.07 Å². The number of hydrogen-bond acceptors (Lipinski definition) is 7. The van der Waals surface area contributed by atoms with Gasteiger partial charge in [-0.25, -0.2) is 9.97 Å². The normalized spacial score (nSPS) is 10.9. The predicted octanol–water partition coefficient (Wildman–Crippen LogP) is 3.34. The Labute approximate surface area is 169 Å². The van der Waals surface area contributed by atoms with Crippen LogP contribution in [0.1, 0.15) is 5.56 Å². The zero-order valence-electron chi connectivity index (χ0n) is 15.4. The molecular weight excluding hydrogens is 401 g/mol. The summed E-state index contributed by atoms with van der Waals surface area (Å²) in [5, 5.41) is 2.80. The van der Waals surface area contributed by atoms with Gasteiger partial charge in [-0.3, -0.25) is 15.6 Å². The van der Waals surface area contributed by atoms with Crippen LogP contribution in [0, 0.1) is 0 Å². The highest BCUT2D eigenvalue weighted by molar-refractivity contribution is 5.82. The highest BCUT2D eigenvalue weighted by Crippen LogP contribution is 2.31. The Kier molecular flexibility index (Phi) is 6.20. The fourth-order valence-electron chi connectivity index (χ4n) is 2.30. The van der Waals surface area contributed by atoms with E-state index in [-0.39, 0.29) is 23.9 Å². The van der Waals surface area contributed by atoms with Gasteiger partial charge in [0.25, 0.3) is 5.91 Å². The third-order valence-electron chi connectivity index (χ3n) is 3.79. The average molecular weight is 418 g/mol. The highest BCUT2D eigenvalue weighted by atomic mass is 19.4. The van der Waals surface area contributed by atoms with Crippen LogP contribution in [-0.2, 0) is 11.0 Å². The minimum Gasteiger partial charge on any atom is -0.484 e. The van der Waals surface area contributed by atoms with E-state index >= 15 is 0 Å². The first-order chi connectivity index (χ1) is 14.3.